The molecule has 168 valence electrons. The van der Waals surface area contributed by atoms with Crippen molar-refractivity contribution in [3.63, 3.8) is 0 Å². The maximum atomic E-state index is 12.9. The molecule has 7 heteroatoms. The van der Waals surface area contributed by atoms with Gasteiger partial charge in [0.05, 0.1) is 12.7 Å². The number of aryl methyl sites for hydroxylation is 1. The molecule has 0 saturated heterocycles. The number of ether oxygens (including phenoxy) is 2. The number of rotatable bonds is 4. The molecule has 7 nitrogen and oxygen atoms in total. The van der Waals surface area contributed by atoms with Crippen LogP contribution in [0.15, 0.2) is 23.8 Å². The molecule has 0 aliphatic heterocycles. The molecule has 0 spiro atoms. The Morgan fingerprint density at radius 2 is 1.87 bits per heavy atom. The molecular weight excluding hydrogens is 400 g/mol. The van der Waals surface area contributed by atoms with Gasteiger partial charge in [-0.1, -0.05) is 20.8 Å². The number of carbonyl (C=O) groups is 2. The molecule has 4 rings (SSSR count). The molecule has 31 heavy (non-hydrogen) atoms. The fourth-order valence-corrected chi connectivity index (χ4v) is 6.41. The van der Waals surface area contributed by atoms with Crippen molar-refractivity contribution in [3.8, 4) is 11.5 Å². The highest BCUT2D eigenvalue weighted by atomic mass is 16.6. The molecule has 0 bridgehead atoms. The van der Waals surface area contributed by atoms with Crippen LogP contribution in [0.2, 0.25) is 0 Å². The largest absolute Gasteiger partial charge is 0.507 e. The quantitative estimate of drug-likeness (QED) is 0.497. The predicted molar refractivity (Wildman–Crippen MR) is 112 cm³/mol. The van der Waals surface area contributed by atoms with Gasteiger partial charge < -0.3 is 24.8 Å². The topological polar surface area (TPSA) is 113 Å². The number of fused-ring (bicyclic) bond motifs is 3. The van der Waals surface area contributed by atoms with Crippen molar-refractivity contribution in [2.75, 3.05) is 7.11 Å². The summed E-state index contributed by atoms with van der Waals surface area (Å²) in [4.78, 5) is 24.8. The van der Waals surface area contributed by atoms with Crippen molar-refractivity contribution in [1.29, 1.82) is 0 Å². The molecule has 3 aliphatic carbocycles. The van der Waals surface area contributed by atoms with E-state index in [-0.39, 0.29) is 28.2 Å². The molecule has 1 aromatic rings. The summed E-state index contributed by atoms with van der Waals surface area (Å²) >= 11 is 0. The van der Waals surface area contributed by atoms with E-state index in [0.717, 1.165) is 0 Å². The Hall–Kier alpha value is -2.38. The summed E-state index contributed by atoms with van der Waals surface area (Å²) in [6.45, 7) is 7.62. The molecule has 0 radical (unpaired) electrons. The second-order valence-corrected chi connectivity index (χ2v) is 10.4. The van der Waals surface area contributed by atoms with Crippen molar-refractivity contribution in [2.24, 2.45) is 16.7 Å². The number of carbonyl (C=O) groups excluding carboxylic acids is 2. The molecule has 0 amide bonds. The molecule has 5 atom stereocenters. The van der Waals surface area contributed by atoms with Crippen LogP contribution in [0.25, 0.3) is 0 Å². The van der Waals surface area contributed by atoms with Crippen LogP contribution >= 0.6 is 0 Å². The Balaban J connectivity index is 1.67. The van der Waals surface area contributed by atoms with Crippen molar-refractivity contribution in [2.45, 2.75) is 64.3 Å². The van der Waals surface area contributed by atoms with Crippen LogP contribution in [0.4, 0.5) is 0 Å². The second-order valence-electron chi connectivity index (χ2n) is 10.4. The van der Waals surface area contributed by atoms with E-state index in [1.165, 1.54) is 19.3 Å². The monoisotopic (exact) mass is 430 g/mol. The fourth-order valence-electron chi connectivity index (χ4n) is 6.41. The van der Waals surface area contributed by atoms with Crippen LogP contribution in [-0.2, 0) is 9.53 Å². The highest BCUT2D eigenvalue weighted by molar-refractivity contribution is 5.94. The lowest BCUT2D eigenvalue weighted by molar-refractivity contribution is -0.261. The number of phenols is 1. The normalized spacial score (nSPS) is 37.7. The summed E-state index contributed by atoms with van der Waals surface area (Å²) < 4.78 is 10.7. The summed E-state index contributed by atoms with van der Waals surface area (Å²) in [5.74, 6) is -0.925. The Kier molecular flexibility index (Phi) is 4.62. The van der Waals surface area contributed by atoms with Crippen LogP contribution in [0.1, 0.15) is 56.0 Å². The summed E-state index contributed by atoms with van der Waals surface area (Å²) in [7, 11) is 1.46. The second kappa shape index (κ2) is 6.56. The third kappa shape index (κ3) is 2.86. The molecule has 1 aromatic carbocycles. The van der Waals surface area contributed by atoms with Crippen LogP contribution < -0.4 is 4.74 Å². The van der Waals surface area contributed by atoms with Gasteiger partial charge in [0.25, 0.3) is 0 Å². The zero-order valence-electron chi connectivity index (χ0n) is 18.6. The summed E-state index contributed by atoms with van der Waals surface area (Å²) in [6.07, 6.45) is 2.54. The minimum absolute atomic E-state index is 0.0102. The standard InChI is InChI=1S/C24H30O7/c1-13-6-15(30-5)7-16(26)19(13)20(27)31-18-10-22(4)17-9-21(2,3)12-23(17,28)8-14(11-25)24(18,22)29/h6-8,11,17-18,26,28-29H,9-10,12H2,1-5H3/t17-,18+,22+,23-,24+/m1/s1. The number of hydrogen-bond acceptors (Lipinski definition) is 7. The Morgan fingerprint density at radius 3 is 2.45 bits per heavy atom. The van der Waals surface area contributed by atoms with Crippen molar-refractivity contribution in [1.82, 2.24) is 0 Å². The average molecular weight is 430 g/mol. The van der Waals surface area contributed by atoms with E-state index >= 15 is 0 Å². The summed E-state index contributed by atoms with van der Waals surface area (Å²) in [6, 6.07) is 2.93. The maximum absolute atomic E-state index is 12.9. The minimum Gasteiger partial charge on any atom is -0.507 e. The zero-order chi connectivity index (χ0) is 23.0. The van der Waals surface area contributed by atoms with Gasteiger partial charge in [-0.15, -0.1) is 0 Å². The number of phenolic OH excluding ortho intramolecular Hbond substituents is 1. The van der Waals surface area contributed by atoms with E-state index in [2.05, 4.69) is 13.8 Å². The first kappa shape index (κ1) is 21.8. The van der Waals surface area contributed by atoms with Gasteiger partial charge in [0.1, 0.15) is 35.1 Å². The molecule has 3 aliphatic rings. The minimum atomic E-state index is -1.70. The van der Waals surface area contributed by atoms with Gasteiger partial charge in [-0.05, 0) is 49.3 Å². The molecule has 2 saturated carbocycles. The van der Waals surface area contributed by atoms with Crippen molar-refractivity contribution >= 4 is 12.3 Å². The number of esters is 1. The Labute approximate surface area is 181 Å². The molecule has 0 unspecified atom stereocenters. The van der Waals surface area contributed by atoms with E-state index in [4.69, 9.17) is 9.47 Å². The predicted octanol–water partition coefficient (Wildman–Crippen LogP) is 2.68. The van der Waals surface area contributed by atoms with E-state index < -0.39 is 28.7 Å². The highest BCUT2D eigenvalue weighted by Gasteiger charge is 2.75. The summed E-state index contributed by atoms with van der Waals surface area (Å²) in [5, 5.41) is 33.3. The number of methoxy groups -OCH3 is 1. The van der Waals surface area contributed by atoms with Crippen LogP contribution in [0.3, 0.4) is 0 Å². The average Bonchev–Trinajstić information content (AvgIpc) is 2.93. The van der Waals surface area contributed by atoms with E-state index in [1.54, 1.807) is 13.0 Å². The first-order valence-electron chi connectivity index (χ1n) is 10.5. The molecule has 2 fully saturated rings. The number of aliphatic hydroxyl groups is 2. The van der Waals surface area contributed by atoms with Gasteiger partial charge in [-0.25, -0.2) is 4.79 Å². The Morgan fingerprint density at radius 1 is 1.19 bits per heavy atom. The van der Waals surface area contributed by atoms with Gasteiger partial charge in [0.2, 0.25) is 0 Å². The van der Waals surface area contributed by atoms with Gasteiger partial charge in [0.15, 0.2) is 0 Å². The lowest BCUT2D eigenvalue weighted by atomic mass is 9.43. The van der Waals surface area contributed by atoms with E-state index in [1.807, 2.05) is 6.92 Å². The third-order valence-corrected chi connectivity index (χ3v) is 7.79. The number of aromatic hydroxyl groups is 1. The van der Waals surface area contributed by atoms with E-state index in [0.29, 0.717) is 36.9 Å². The molecule has 0 heterocycles. The number of aldehydes is 1. The zero-order valence-corrected chi connectivity index (χ0v) is 18.6. The van der Waals surface area contributed by atoms with E-state index in [9.17, 15) is 24.9 Å². The highest BCUT2D eigenvalue weighted by Crippen LogP contribution is 2.69. The van der Waals surface area contributed by atoms with Gasteiger partial charge >= 0.3 is 5.97 Å². The number of benzene rings is 1. The smallest absolute Gasteiger partial charge is 0.342 e. The van der Waals surface area contributed by atoms with Gasteiger partial charge in [-0.2, -0.15) is 0 Å². The molecular formula is C24H30O7. The SMILES string of the molecule is COc1cc(C)c(C(=O)O[C@H]2C[C@@]3(C)[C@H]4CC(C)(C)C[C@]4(O)C=C(C=O)[C@]23O)c(O)c1. The van der Waals surface area contributed by atoms with Crippen LogP contribution in [0, 0.1) is 23.7 Å². The first-order valence-corrected chi connectivity index (χ1v) is 10.5. The van der Waals surface area contributed by atoms with Gasteiger partial charge in [0, 0.05) is 23.0 Å². The lowest BCUT2D eigenvalue weighted by Gasteiger charge is -2.65. The van der Waals surface area contributed by atoms with Crippen LogP contribution in [0.5, 0.6) is 11.5 Å². The Bertz CT molecular complexity index is 973. The summed E-state index contributed by atoms with van der Waals surface area (Å²) in [5.41, 5.74) is -3.33. The van der Waals surface area contributed by atoms with Crippen molar-refractivity contribution in [3.05, 3.63) is 34.9 Å². The first-order chi connectivity index (χ1) is 14.3. The maximum Gasteiger partial charge on any atom is 0.342 e. The molecule has 3 N–H and O–H groups in total. The fraction of sp³-hybridized carbons (Fsp3) is 0.583. The van der Waals surface area contributed by atoms with Crippen molar-refractivity contribution < 1.29 is 34.4 Å². The molecule has 0 aromatic heterocycles. The lowest BCUT2D eigenvalue weighted by Crippen LogP contribution is -2.75. The third-order valence-electron chi connectivity index (χ3n) is 7.79. The number of hydrogen-bond donors (Lipinski definition) is 3. The van der Waals surface area contributed by atoms with Crippen LogP contribution in [-0.4, -0.2) is 52.0 Å². The van der Waals surface area contributed by atoms with Gasteiger partial charge in [-0.3, -0.25) is 4.79 Å².